The molecule has 0 radical (unpaired) electrons. The van der Waals surface area contributed by atoms with Gasteiger partial charge in [0.25, 0.3) is 0 Å². The van der Waals surface area contributed by atoms with Gasteiger partial charge < -0.3 is 9.47 Å². The van der Waals surface area contributed by atoms with Crippen LogP contribution in [0.25, 0.3) is 5.52 Å². The van der Waals surface area contributed by atoms with Gasteiger partial charge in [0.15, 0.2) is 0 Å². The number of imidazole rings is 1. The quantitative estimate of drug-likeness (QED) is 0.796. The van der Waals surface area contributed by atoms with Crippen LogP contribution < -0.4 is 4.74 Å². The van der Waals surface area contributed by atoms with Crippen LogP contribution >= 0.6 is 0 Å². The molecule has 0 aliphatic carbocycles. The fourth-order valence-electron chi connectivity index (χ4n) is 2.36. The fourth-order valence-corrected chi connectivity index (χ4v) is 2.36. The number of aromatic nitrogens is 2. The van der Waals surface area contributed by atoms with Crippen molar-refractivity contribution in [2.24, 2.45) is 0 Å². The summed E-state index contributed by atoms with van der Waals surface area (Å²) in [7, 11) is 1.68. The van der Waals surface area contributed by atoms with E-state index in [9.17, 15) is 0 Å². The molecule has 1 aliphatic rings. The summed E-state index contributed by atoms with van der Waals surface area (Å²) in [5.74, 6) is 2.34. The van der Waals surface area contributed by atoms with Crippen LogP contribution in [0.15, 0.2) is 24.5 Å². The van der Waals surface area contributed by atoms with E-state index in [0.717, 1.165) is 43.1 Å². The van der Waals surface area contributed by atoms with Crippen LogP contribution in [0.4, 0.5) is 0 Å². The molecule has 0 N–H and O–H groups in total. The molecule has 1 atom stereocenters. The van der Waals surface area contributed by atoms with Crippen molar-refractivity contribution in [1.82, 2.24) is 9.38 Å². The number of rotatable bonds is 2. The molecule has 2 aromatic heterocycles. The lowest BCUT2D eigenvalue weighted by atomic mass is 10.0. The average Bonchev–Trinajstić information content (AvgIpc) is 2.82. The van der Waals surface area contributed by atoms with Crippen LogP contribution in [0, 0.1) is 0 Å². The predicted molar refractivity (Wildman–Crippen MR) is 64.5 cm³/mol. The maximum Gasteiger partial charge on any atom is 0.135 e. The van der Waals surface area contributed by atoms with Gasteiger partial charge in [-0.1, -0.05) is 0 Å². The van der Waals surface area contributed by atoms with Gasteiger partial charge in [-0.25, -0.2) is 4.98 Å². The highest BCUT2D eigenvalue weighted by Crippen LogP contribution is 2.26. The summed E-state index contributed by atoms with van der Waals surface area (Å²) in [5, 5.41) is 0. The van der Waals surface area contributed by atoms with Crippen LogP contribution in [-0.4, -0.2) is 29.7 Å². The fraction of sp³-hybridized carbons (Fsp3) is 0.462. The van der Waals surface area contributed by atoms with Gasteiger partial charge in [-0.05, 0) is 25.0 Å². The standard InChI is InChI=1S/C13H16N2O2/c1-16-12-5-4-11-7-14-13(15(11)8-12)10-3-2-6-17-9-10/h4-5,7-8,10H,2-3,6,9H2,1H3. The van der Waals surface area contributed by atoms with Gasteiger partial charge in [0.1, 0.15) is 11.6 Å². The Bertz CT molecular complexity index is 515. The first-order chi connectivity index (χ1) is 8.38. The van der Waals surface area contributed by atoms with E-state index in [0.29, 0.717) is 5.92 Å². The van der Waals surface area contributed by atoms with Gasteiger partial charge in [-0.2, -0.15) is 0 Å². The van der Waals surface area contributed by atoms with Gasteiger partial charge >= 0.3 is 0 Å². The van der Waals surface area contributed by atoms with Crippen molar-refractivity contribution in [2.45, 2.75) is 18.8 Å². The molecule has 3 heterocycles. The van der Waals surface area contributed by atoms with Crippen LogP contribution in [0.3, 0.4) is 0 Å². The smallest absolute Gasteiger partial charge is 0.135 e. The summed E-state index contributed by atoms with van der Waals surface area (Å²) in [4.78, 5) is 4.52. The number of pyridine rings is 1. The molecule has 4 nitrogen and oxygen atoms in total. The lowest BCUT2D eigenvalue weighted by Gasteiger charge is -2.21. The summed E-state index contributed by atoms with van der Waals surface area (Å²) in [5.41, 5.74) is 1.10. The van der Waals surface area contributed by atoms with E-state index >= 15 is 0 Å². The number of methoxy groups -OCH3 is 1. The first-order valence-electron chi connectivity index (χ1n) is 5.97. The number of hydrogen-bond donors (Lipinski definition) is 0. The first kappa shape index (κ1) is 10.6. The van der Waals surface area contributed by atoms with Crippen molar-refractivity contribution >= 4 is 5.52 Å². The van der Waals surface area contributed by atoms with Crippen LogP contribution in [-0.2, 0) is 4.74 Å². The molecule has 1 unspecified atom stereocenters. The molecule has 17 heavy (non-hydrogen) atoms. The monoisotopic (exact) mass is 232 g/mol. The molecular weight excluding hydrogens is 216 g/mol. The van der Waals surface area contributed by atoms with Gasteiger partial charge in [-0.15, -0.1) is 0 Å². The Morgan fingerprint density at radius 2 is 2.41 bits per heavy atom. The van der Waals surface area contributed by atoms with Crippen molar-refractivity contribution in [1.29, 1.82) is 0 Å². The Kier molecular flexibility index (Phi) is 2.73. The van der Waals surface area contributed by atoms with Gasteiger partial charge in [0, 0.05) is 12.5 Å². The number of fused-ring (bicyclic) bond motifs is 1. The van der Waals surface area contributed by atoms with Gasteiger partial charge in [0.05, 0.1) is 31.6 Å². The number of hydrogen-bond acceptors (Lipinski definition) is 3. The Morgan fingerprint density at radius 1 is 1.47 bits per heavy atom. The minimum atomic E-state index is 0.401. The van der Waals surface area contributed by atoms with E-state index in [1.165, 1.54) is 0 Å². The second-order valence-electron chi connectivity index (χ2n) is 4.39. The van der Waals surface area contributed by atoms with Crippen molar-refractivity contribution in [3.63, 3.8) is 0 Å². The van der Waals surface area contributed by atoms with Crippen molar-refractivity contribution in [3.8, 4) is 5.75 Å². The van der Waals surface area contributed by atoms with E-state index in [-0.39, 0.29) is 0 Å². The molecule has 1 fully saturated rings. The van der Waals surface area contributed by atoms with Gasteiger partial charge in [-0.3, -0.25) is 4.40 Å². The van der Waals surface area contributed by atoms with E-state index in [4.69, 9.17) is 9.47 Å². The third-order valence-electron chi connectivity index (χ3n) is 3.29. The van der Waals surface area contributed by atoms with E-state index in [1.54, 1.807) is 7.11 Å². The summed E-state index contributed by atoms with van der Waals surface area (Å²) in [6, 6.07) is 3.98. The summed E-state index contributed by atoms with van der Waals surface area (Å²) >= 11 is 0. The second kappa shape index (κ2) is 4.37. The summed E-state index contributed by atoms with van der Waals surface area (Å²) < 4.78 is 12.9. The second-order valence-corrected chi connectivity index (χ2v) is 4.39. The topological polar surface area (TPSA) is 35.8 Å². The largest absolute Gasteiger partial charge is 0.495 e. The first-order valence-corrected chi connectivity index (χ1v) is 5.97. The Labute approximate surface area is 100 Å². The van der Waals surface area contributed by atoms with Crippen molar-refractivity contribution in [3.05, 3.63) is 30.4 Å². The molecule has 0 bridgehead atoms. The van der Waals surface area contributed by atoms with E-state index in [2.05, 4.69) is 9.38 Å². The third kappa shape index (κ3) is 1.89. The zero-order valence-electron chi connectivity index (χ0n) is 9.93. The molecule has 0 amide bonds. The SMILES string of the molecule is COc1ccc2cnc(C3CCCOC3)n2c1. The Hall–Kier alpha value is -1.55. The minimum Gasteiger partial charge on any atom is -0.495 e. The number of nitrogens with zero attached hydrogens (tertiary/aromatic N) is 2. The van der Waals surface area contributed by atoms with Gasteiger partial charge in [0.2, 0.25) is 0 Å². The highest BCUT2D eigenvalue weighted by atomic mass is 16.5. The molecule has 0 spiro atoms. The van der Waals surface area contributed by atoms with Crippen LogP contribution in [0.5, 0.6) is 5.75 Å². The molecule has 3 rings (SSSR count). The summed E-state index contributed by atoms with van der Waals surface area (Å²) in [6.07, 6.45) is 6.16. The van der Waals surface area contributed by atoms with E-state index in [1.807, 2.05) is 24.5 Å². The zero-order valence-corrected chi connectivity index (χ0v) is 9.93. The number of ether oxygens (including phenoxy) is 2. The highest BCUT2D eigenvalue weighted by molar-refractivity contribution is 5.48. The van der Waals surface area contributed by atoms with E-state index < -0.39 is 0 Å². The third-order valence-corrected chi connectivity index (χ3v) is 3.29. The molecule has 1 aliphatic heterocycles. The normalized spacial score (nSPS) is 20.6. The van der Waals surface area contributed by atoms with Crippen molar-refractivity contribution < 1.29 is 9.47 Å². The Morgan fingerprint density at radius 3 is 3.18 bits per heavy atom. The maximum atomic E-state index is 5.53. The maximum absolute atomic E-state index is 5.53. The molecule has 1 saturated heterocycles. The molecule has 90 valence electrons. The highest BCUT2D eigenvalue weighted by Gasteiger charge is 2.20. The van der Waals surface area contributed by atoms with Crippen molar-refractivity contribution in [2.75, 3.05) is 20.3 Å². The lowest BCUT2D eigenvalue weighted by molar-refractivity contribution is 0.0779. The molecular formula is C13H16N2O2. The molecule has 0 saturated carbocycles. The zero-order chi connectivity index (χ0) is 11.7. The Balaban J connectivity index is 2.02. The average molecular weight is 232 g/mol. The molecule has 4 heteroatoms. The summed E-state index contributed by atoms with van der Waals surface area (Å²) in [6.45, 7) is 1.65. The van der Waals surface area contributed by atoms with Crippen LogP contribution in [0.2, 0.25) is 0 Å². The molecule has 0 aromatic carbocycles. The predicted octanol–water partition coefficient (Wildman–Crippen LogP) is 2.24. The lowest BCUT2D eigenvalue weighted by Crippen LogP contribution is -2.17. The van der Waals surface area contributed by atoms with Crippen LogP contribution in [0.1, 0.15) is 24.6 Å². The minimum absolute atomic E-state index is 0.401. The molecule has 2 aromatic rings.